The van der Waals surface area contributed by atoms with E-state index in [0.29, 0.717) is 10.8 Å². The zero-order valence-electron chi connectivity index (χ0n) is 14.5. The Labute approximate surface area is 143 Å². The standard InChI is InChI=1S/2C10H15.Fe/c2*1-10(2,3)8-9-6-4-5-7-9;/h2*4,6H,5,8H2,1-3H3;/q2*-1;+2. The van der Waals surface area contributed by atoms with E-state index in [0.717, 1.165) is 25.7 Å². The first-order chi connectivity index (χ1) is 9.16. The third kappa shape index (κ3) is 10.8. The summed E-state index contributed by atoms with van der Waals surface area (Å²) in [6.45, 7) is 13.5. The fraction of sp³-hybridized carbons (Fsp3) is 0.600. The summed E-state index contributed by atoms with van der Waals surface area (Å²) in [5.41, 5.74) is 3.59. The third-order valence-corrected chi connectivity index (χ3v) is 2.97. The smallest absolute Gasteiger partial charge is 0.269 e. The molecule has 0 bridgehead atoms. The van der Waals surface area contributed by atoms with Gasteiger partial charge in [-0.25, -0.2) is 23.3 Å². The molecule has 1 heteroatoms. The minimum absolute atomic E-state index is 0. The van der Waals surface area contributed by atoms with Crippen molar-refractivity contribution >= 4 is 0 Å². The van der Waals surface area contributed by atoms with Gasteiger partial charge in [-0.2, -0.15) is 12.2 Å². The van der Waals surface area contributed by atoms with E-state index < -0.39 is 0 Å². The molecule has 0 amide bonds. The Balaban J connectivity index is 0.000000364. The van der Waals surface area contributed by atoms with Crippen molar-refractivity contribution in [1.82, 2.24) is 0 Å². The SMILES string of the molecule is CC(C)(C)CC1=[C-]CC=C1.CC(C)(C)CC1=[C-]CC=C1.[Fe+2]. The second-order valence-corrected chi connectivity index (χ2v) is 8.09. The van der Waals surface area contributed by atoms with Crippen molar-refractivity contribution < 1.29 is 17.1 Å². The maximum absolute atomic E-state index is 3.32. The molecule has 0 spiro atoms. The van der Waals surface area contributed by atoms with Gasteiger partial charge in [-0.1, -0.05) is 54.4 Å². The molecule has 21 heavy (non-hydrogen) atoms. The summed E-state index contributed by atoms with van der Waals surface area (Å²) in [6, 6.07) is 0. The molecule has 0 heterocycles. The van der Waals surface area contributed by atoms with Gasteiger partial charge in [0.05, 0.1) is 0 Å². The number of hydrogen-bond acceptors (Lipinski definition) is 0. The summed E-state index contributed by atoms with van der Waals surface area (Å²) in [6.07, 6.45) is 19.7. The molecule has 2 aliphatic rings. The summed E-state index contributed by atoms with van der Waals surface area (Å²) >= 11 is 0. The van der Waals surface area contributed by atoms with Crippen LogP contribution < -0.4 is 0 Å². The first kappa shape index (κ1) is 20.5. The number of rotatable bonds is 2. The Kier molecular flexibility index (Phi) is 8.59. The molecule has 0 aliphatic heterocycles. The van der Waals surface area contributed by atoms with Crippen molar-refractivity contribution in [2.24, 2.45) is 10.8 Å². The van der Waals surface area contributed by atoms with Crippen LogP contribution in [0.15, 0.2) is 35.5 Å². The van der Waals surface area contributed by atoms with E-state index >= 15 is 0 Å². The molecule has 0 N–H and O–H groups in total. The molecular weight excluding hydrogens is 296 g/mol. The third-order valence-electron chi connectivity index (χ3n) is 2.97. The van der Waals surface area contributed by atoms with Gasteiger partial charge in [0, 0.05) is 0 Å². The Hall–Kier alpha value is -0.521. The molecule has 0 fully saturated rings. The van der Waals surface area contributed by atoms with Crippen molar-refractivity contribution in [3.05, 3.63) is 47.6 Å². The minimum Gasteiger partial charge on any atom is -0.269 e. The molecular formula is C20H30Fe. The average molecular weight is 326 g/mol. The van der Waals surface area contributed by atoms with Crippen LogP contribution in [-0.2, 0) is 17.1 Å². The number of hydrogen-bond donors (Lipinski definition) is 0. The van der Waals surface area contributed by atoms with Gasteiger partial charge in [-0.15, -0.1) is 12.8 Å². The largest absolute Gasteiger partial charge is 2.00 e. The van der Waals surface area contributed by atoms with E-state index in [9.17, 15) is 0 Å². The summed E-state index contributed by atoms with van der Waals surface area (Å²) in [5.74, 6) is 0. The van der Waals surface area contributed by atoms with Crippen molar-refractivity contribution in [2.45, 2.75) is 67.2 Å². The van der Waals surface area contributed by atoms with Gasteiger partial charge in [0.15, 0.2) is 0 Å². The maximum atomic E-state index is 3.32. The Morgan fingerprint density at radius 3 is 1.29 bits per heavy atom. The first-order valence-electron chi connectivity index (χ1n) is 7.68. The van der Waals surface area contributed by atoms with Crippen LogP contribution in [0, 0.1) is 23.0 Å². The molecule has 0 nitrogen and oxygen atoms in total. The second kappa shape index (κ2) is 8.81. The number of allylic oxidation sites excluding steroid dienone is 8. The van der Waals surface area contributed by atoms with Crippen LogP contribution in [0.5, 0.6) is 0 Å². The summed E-state index contributed by atoms with van der Waals surface area (Å²) < 4.78 is 0. The Morgan fingerprint density at radius 2 is 1.10 bits per heavy atom. The summed E-state index contributed by atoms with van der Waals surface area (Å²) in [7, 11) is 0. The van der Waals surface area contributed by atoms with Crippen molar-refractivity contribution in [1.29, 1.82) is 0 Å². The predicted molar refractivity (Wildman–Crippen MR) is 89.2 cm³/mol. The van der Waals surface area contributed by atoms with Crippen LogP contribution in [0.4, 0.5) is 0 Å². The van der Waals surface area contributed by atoms with Crippen LogP contribution in [0.1, 0.15) is 67.2 Å². The van der Waals surface area contributed by atoms with E-state index in [-0.39, 0.29) is 17.1 Å². The maximum Gasteiger partial charge on any atom is 2.00 e. The van der Waals surface area contributed by atoms with Gasteiger partial charge in [0.1, 0.15) is 0 Å². The average Bonchev–Trinajstić information content (AvgIpc) is 2.87. The van der Waals surface area contributed by atoms with Crippen LogP contribution in [-0.4, -0.2) is 0 Å². The molecule has 0 aromatic rings. The van der Waals surface area contributed by atoms with Crippen LogP contribution >= 0.6 is 0 Å². The topological polar surface area (TPSA) is 0 Å². The molecule has 0 aromatic carbocycles. The summed E-state index contributed by atoms with van der Waals surface area (Å²) in [4.78, 5) is 0. The van der Waals surface area contributed by atoms with E-state index in [4.69, 9.17) is 0 Å². The molecule has 2 aliphatic carbocycles. The molecule has 0 radical (unpaired) electrons. The van der Waals surface area contributed by atoms with Gasteiger partial charge in [-0.3, -0.25) is 12.2 Å². The van der Waals surface area contributed by atoms with Crippen LogP contribution in [0.25, 0.3) is 0 Å². The zero-order chi connectivity index (χ0) is 15.2. The second-order valence-electron chi connectivity index (χ2n) is 8.09. The van der Waals surface area contributed by atoms with Crippen molar-refractivity contribution in [3.8, 4) is 0 Å². The molecule has 2 rings (SSSR count). The molecule has 0 saturated heterocycles. The monoisotopic (exact) mass is 326 g/mol. The molecule has 0 atom stereocenters. The van der Waals surface area contributed by atoms with Gasteiger partial charge in [0.25, 0.3) is 0 Å². The van der Waals surface area contributed by atoms with E-state index in [1.54, 1.807) is 0 Å². The fourth-order valence-electron chi connectivity index (χ4n) is 2.29. The Bertz CT molecular complexity index is 378. The molecule has 0 aromatic heterocycles. The van der Waals surface area contributed by atoms with Gasteiger partial charge in [0.2, 0.25) is 0 Å². The zero-order valence-corrected chi connectivity index (χ0v) is 15.6. The first-order valence-corrected chi connectivity index (χ1v) is 7.68. The van der Waals surface area contributed by atoms with Gasteiger partial charge >= 0.3 is 17.1 Å². The minimum atomic E-state index is 0. The fourth-order valence-corrected chi connectivity index (χ4v) is 2.29. The van der Waals surface area contributed by atoms with Crippen LogP contribution in [0.3, 0.4) is 0 Å². The molecule has 0 saturated carbocycles. The van der Waals surface area contributed by atoms with E-state index in [1.165, 1.54) is 11.1 Å². The quantitative estimate of drug-likeness (QED) is 0.417. The Morgan fingerprint density at radius 1 is 0.762 bits per heavy atom. The molecule has 118 valence electrons. The van der Waals surface area contributed by atoms with E-state index in [1.807, 2.05) is 0 Å². The normalized spacial score (nSPS) is 16.9. The van der Waals surface area contributed by atoms with Crippen LogP contribution in [0.2, 0.25) is 0 Å². The summed E-state index contributed by atoms with van der Waals surface area (Å²) in [5, 5.41) is 0. The van der Waals surface area contributed by atoms with Gasteiger partial charge in [-0.05, 0) is 10.8 Å². The van der Waals surface area contributed by atoms with E-state index in [2.05, 4.69) is 78.0 Å². The molecule has 0 unspecified atom stereocenters. The van der Waals surface area contributed by atoms with Gasteiger partial charge < -0.3 is 0 Å². The van der Waals surface area contributed by atoms with Crippen molar-refractivity contribution in [3.63, 3.8) is 0 Å². The van der Waals surface area contributed by atoms with Crippen molar-refractivity contribution in [2.75, 3.05) is 0 Å². The predicted octanol–water partition coefficient (Wildman–Crippen LogP) is 6.22.